The number of hydrogen-bond acceptors (Lipinski definition) is 3. The molecule has 0 unspecified atom stereocenters. The van der Waals surface area contributed by atoms with Crippen LogP contribution in [0.2, 0.25) is 0 Å². The van der Waals surface area contributed by atoms with Crippen LogP contribution in [0.15, 0.2) is 24.3 Å². The zero-order chi connectivity index (χ0) is 17.9. The van der Waals surface area contributed by atoms with Crippen molar-refractivity contribution in [3.8, 4) is 5.75 Å². The normalized spacial score (nSPS) is 27.2. The van der Waals surface area contributed by atoms with Gasteiger partial charge in [0.2, 0.25) is 0 Å². The summed E-state index contributed by atoms with van der Waals surface area (Å²) in [7, 11) is 0. The van der Waals surface area contributed by atoms with Crippen LogP contribution in [0.4, 0.5) is 5.69 Å². The lowest BCUT2D eigenvalue weighted by atomic mass is 9.78. The molecule has 2 atom stereocenters. The van der Waals surface area contributed by atoms with Crippen molar-refractivity contribution in [3.63, 3.8) is 0 Å². The molecule has 2 heterocycles. The molecule has 1 aromatic rings. The summed E-state index contributed by atoms with van der Waals surface area (Å²) in [6.07, 6.45) is 7.68. The van der Waals surface area contributed by atoms with Gasteiger partial charge >= 0.3 is 0 Å². The summed E-state index contributed by atoms with van der Waals surface area (Å²) < 4.78 is 0. The van der Waals surface area contributed by atoms with Crippen molar-refractivity contribution in [2.75, 3.05) is 44.2 Å². The average molecular weight is 359 g/mol. The van der Waals surface area contributed by atoms with Gasteiger partial charge in [-0.2, -0.15) is 0 Å². The van der Waals surface area contributed by atoms with E-state index in [4.69, 9.17) is 0 Å². The Labute approximate surface area is 156 Å². The number of rotatable bonds is 3. The van der Waals surface area contributed by atoms with E-state index >= 15 is 0 Å². The molecule has 142 valence electrons. The highest BCUT2D eigenvalue weighted by atomic mass is 16.3. The van der Waals surface area contributed by atoms with Crippen LogP contribution in [-0.4, -0.2) is 61.2 Å². The lowest BCUT2D eigenvalue weighted by Crippen LogP contribution is -3.16. The number of nitrogens with one attached hydrogen (secondary N) is 1. The van der Waals surface area contributed by atoms with Crippen molar-refractivity contribution >= 4 is 11.6 Å². The van der Waals surface area contributed by atoms with E-state index in [1.807, 2.05) is 18.2 Å². The Kier molecular flexibility index (Phi) is 5.34. The molecule has 3 aliphatic rings. The first kappa shape index (κ1) is 17.7. The van der Waals surface area contributed by atoms with E-state index in [2.05, 4.69) is 9.80 Å². The highest BCUT2D eigenvalue weighted by Crippen LogP contribution is 2.35. The average Bonchev–Trinajstić information content (AvgIpc) is 2.68. The van der Waals surface area contributed by atoms with Crippen LogP contribution in [-0.2, 0) is 4.79 Å². The molecule has 1 aliphatic carbocycles. The van der Waals surface area contributed by atoms with E-state index in [9.17, 15) is 9.90 Å². The molecule has 5 nitrogen and oxygen atoms in total. The summed E-state index contributed by atoms with van der Waals surface area (Å²) in [6.45, 7) is 5.32. The molecule has 2 saturated heterocycles. The van der Waals surface area contributed by atoms with Crippen LogP contribution < -0.4 is 9.80 Å². The number of aromatic hydroxyl groups is 1. The van der Waals surface area contributed by atoms with Gasteiger partial charge in [-0.15, -0.1) is 0 Å². The summed E-state index contributed by atoms with van der Waals surface area (Å²) in [5.41, 5.74) is 0.916. The maximum atomic E-state index is 13.0. The fourth-order valence-corrected chi connectivity index (χ4v) is 5.22. The first-order valence-corrected chi connectivity index (χ1v) is 10.4. The van der Waals surface area contributed by atoms with E-state index in [0.29, 0.717) is 24.2 Å². The SMILES string of the molecule is O=C(C[NH+]1CCN(c2ccccc2O)CC1)N1CCC[C@H]2CCCC[C@H]21. The zero-order valence-electron chi connectivity index (χ0n) is 15.7. The highest BCUT2D eigenvalue weighted by molar-refractivity contribution is 5.77. The van der Waals surface area contributed by atoms with Crippen LogP contribution in [0.3, 0.4) is 0 Å². The number of hydrogen-bond donors (Lipinski definition) is 2. The van der Waals surface area contributed by atoms with Crippen molar-refractivity contribution in [2.24, 2.45) is 5.92 Å². The largest absolute Gasteiger partial charge is 0.506 e. The lowest BCUT2D eigenvalue weighted by Gasteiger charge is -2.44. The molecule has 1 amide bonds. The molecular weight excluding hydrogens is 326 g/mol. The Hall–Kier alpha value is -1.75. The Morgan fingerprint density at radius 2 is 1.77 bits per heavy atom. The quantitative estimate of drug-likeness (QED) is 0.856. The lowest BCUT2D eigenvalue weighted by molar-refractivity contribution is -0.892. The second kappa shape index (κ2) is 7.87. The molecule has 4 rings (SSSR count). The van der Waals surface area contributed by atoms with Gasteiger partial charge in [0.05, 0.1) is 31.9 Å². The fourth-order valence-electron chi connectivity index (χ4n) is 5.22. The van der Waals surface area contributed by atoms with E-state index in [0.717, 1.165) is 44.3 Å². The molecule has 2 N–H and O–H groups in total. The monoisotopic (exact) mass is 358 g/mol. The number of piperazine rings is 1. The first-order chi connectivity index (χ1) is 12.7. The van der Waals surface area contributed by atoms with E-state index in [1.165, 1.54) is 43.4 Å². The van der Waals surface area contributed by atoms with Crippen molar-refractivity contribution < 1.29 is 14.8 Å². The Morgan fingerprint density at radius 1 is 1.04 bits per heavy atom. The number of amides is 1. The third kappa shape index (κ3) is 3.68. The number of carbonyl (C=O) groups excluding carboxylic acids is 1. The number of anilines is 1. The molecule has 0 aromatic heterocycles. The number of phenolic OH excluding ortho intramolecular Hbond substituents is 1. The molecule has 0 bridgehead atoms. The maximum Gasteiger partial charge on any atom is 0.278 e. The number of carbonyl (C=O) groups is 1. The number of piperidine rings is 1. The van der Waals surface area contributed by atoms with Crippen molar-refractivity contribution in [2.45, 2.75) is 44.6 Å². The Bertz CT molecular complexity index is 625. The number of nitrogens with zero attached hydrogens (tertiary/aromatic N) is 2. The zero-order valence-corrected chi connectivity index (χ0v) is 15.7. The van der Waals surface area contributed by atoms with Crippen LogP contribution in [0.5, 0.6) is 5.75 Å². The second-order valence-corrected chi connectivity index (χ2v) is 8.24. The first-order valence-electron chi connectivity index (χ1n) is 10.4. The van der Waals surface area contributed by atoms with E-state index in [1.54, 1.807) is 6.07 Å². The topological polar surface area (TPSA) is 48.2 Å². The minimum Gasteiger partial charge on any atom is -0.506 e. The fraction of sp³-hybridized carbons (Fsp3) is 0.667. The number of fused-ring (bicyclic) bond motifs is 1. The van der Waals surface area contributed by atoms with Gasteiger partial charge in [-0.25, -0.2) is 0 Å². The molecule has 1 saturated carbocycles. The number of likely N-dealkylation sites (tertiary alicyclic amines) is 1. The molecule has 26 heavy (non-hydrogen) atoms. The van der Waals surface area contributed by atoms with Gasteiger partial charge in [0.25, 0.3) is 5.91 Å². The minimum atomic E-state index is 0.351. The van der Waals surface area contributed by atoms with Gasteiger partial charge in [0.1, 0.15) is 5.75 Å². The van der Waals surface area contributed by atoms with Crippen molar-refractivity contribution in [3.05, 3.63) is 24.3 Å². The van der Waals surface area contributed by atoms with Gasteiger partial charge in [0, 0.05) is 12.6 Å². The van der Waals surface area contributed by atoms with Crippen molar-refractivity contribution in [1.82, 2.24) is 4.90 Å². The third-order valence-corrected chi connectivity index (χ3v) is 6.66. The molecular formula is C21H32N3O2+. The van der Waals surface area contributed by atoms with Crippen LogP contribution in [0.1, 0.15) is 38.5 Å². The Balaban J connectivity index is 1.31. The molecule has 0 radical (unpaired) electrons. The van der Waals surface area contributed by atoms with Gasteiger partial charge in [0.15, 0.2) is 6.54 Å². The molecule has 0 spiro atoms. The number of benzene rings is 1. The summed E-state index contributed by atoms with van der Waals surface area (Å²) in [5, 5.41) is 10.0. The predicted molar refractivity (Wildman–Crippen MR) is 103 cm³/mol. The van der Waals surface area contributed by atoms with Gasteiger partial charge < -0.3 is 19.8 Å². The summed E-state index contributed by atoms with van der Waals surface area (Å²) >= 11 is 0. The van der Waals surface area contributed by atoms with Gasteiger partial charge in [-0.1, -0.05) is 25.0 Å². The minimum absolute atomic E-state index is 0.351. The second-order valence-electron chi connectivity index (χ2n) is 8.24. The Morgan fingerprint density at radius 3 is 2.58 bits per heavy atom. The summed E-state index contributed by atoms with van der Waals surface area (Å²) in [4.78, 5) is 18.8. The predicted octanol–water partition coefficient (Wildman–Crippen LogP) is 1.28. The molecule has 2 aliphatic heterocycles. The number of phenols is 1. The standard InChI is InChI=1S/C21H31N3O2/c25-20-10-4-3-9-19(20)23-14-12-22(13-15-23)16-21(26)24-11-5-7-17-6-1-2-8-18(17)24/h3-4,9-10,17-18,25H,1-2,5-8,11-16H2/p+1/t17-,18-/m1/s1. The van der Waals surface area contributed by atoms with E-state index in [-0.39, 0.29) is 0 Å². The number of para-hydroxylation sites is 2. The highest BCUT2D eigenvalue weighted by Gasteiger charge is 2.37. The van der Waals surface area contributed by atoms with Gasteiger partial charge in [-0.05, 0) is 43.7 Å². The third-order valence-electron chi connectivity index (χ3n) is 6.66. The van der Waals surface area contributed by atoms with Crippen LogP contribution >= 0.6 is 0 Å². The maximum absolute atomic E-state index is 13.0. The molecule has 5 heteroatoms. The smallest absolute Gasteiger partial charge is 0.278 e. The molecule has 3 fully saturated rings. The van der Waals surface area contributed by atoms with E-state index < -0.39 is 0 Å². The summed E-state index contributed by atoms with van der Waals surface area (Å²) in [6, 6.07) is 8.06. The van der Waals surface area contributed by atoms with Crippen LogP contribution in [0.25, 0.3) is 0 Å². The summed E-state index contributed by atoms with van der Waals surface area (Å²) in [5.74, 6) is 1.48. The number of quaternary nitrogens is 1. The van der Waals surface area contributed by atoms with Crippen LogP contribution in [0, 0.1) is 5.92 Å². The van der Waals surface area contributed by atoms with Gasteiger partial charge in [-0.3, -0.25) is 4.79 Å². The molecule has 1 aromatic carbocycles. The van der Waals surface area contributed by atoms with Crippen molar-refractivity contribution in [1.29, 1.82) is 0 Å².